The molecule has 0 amide bonds. The van der Waals surface area contributed by atoms with E-state index in [-0.39, 0.29) is 0 Å². The predicted molar refractivity (Wildman–Crippen MR) is 65.8 cm³/mol. The molecule has 1 aliphatic heterocycles. The Morgan fingerprint density at radius 1 is 1.50 bits per heavy atom. The summed E-state index contributed by atoms with van der Waals surface area (Å²) in [4.78, 5) is 0. The standard InChI is InChI=1S/C11H14INO/c1-7-6-13-3-2-8-4-11(14)10(12)5-9(7)8/h4-5,7,13-14H,2-3,6H2,1H3/t7-/m0/s1. The van der Waals surface area contributed by atoms with Gasteiger partial charge in [0.2, 0.25) is 0 Å². The molecule has 0 unspecified atom stereocenters. The molecule has 1 aromatic carbocycles. The van der Waals surface area contributed by atoms with Crippen LogP contribution in [0.4, 0.5) is 0 Å². The van der Waals surface area contributed by atoms with Crippen LogP contribution in [0.3, 0.4) is 0 Å². The van der Waals surface area contributed by atoms with E-state index in [1.165, 1.54) is 11.1 Å². The maximum absolute atomic E-state index is 9.63. The number of hydrogen-bond acceptors (Lipinski definition) is 2. The van der Waals surface area contributed by atoms with Crippen LogP contribution in [0, 0.1) is 3.57 Å². The third kappa shape index (κ3) is 1.88. The van der Waals surface area contributed by atoms with Gasteiger partial charge in [-0.1, -0.05) is 6.92 Å². The zero-order valence-corrected chi connectivity index (χ0v) is 10.3. The molecule has 1 aliphatic rings. The molecule has 1 atom stereocenters. The van der Waals surface area contributed by atoms with E-state index in [1.54, 1.807) is 0 Å². The molecule has 2 rings (SSSR count). The van der Waals surface area contributed by atoms with Gasteiger partial charge < -0.3 is 10.4 Å². The van der Waals surface area contributed by atoms with Crippen molar-refractivity contribution in [3.05, 3.63) is 26.8 Å². The van der Waals surface area contributed by atoms with E-state index in [4.69, 9.17) is 0 Å². The Morgan fingerprint density at radius 2 is 2.29 bits per heavy atom. The highest BCUT2D eigenvalue weighted by molar-refractivity contribution is 14.1. The third-order valence-electron chi connectivity index (χ3n) is 2.76. The highest BCUT2D eigenvalue weighted by Crippen LogP contribution is 2.29. The Labute approximate surface area is 97.9 Å². The summed E-state index contributed by atoms with van der Waals surface area (Å²) in [7, 11) is 0. The van der Waals surface area contributed by atoms with Crippen LogP contribution in [0.15, 0.2) is 12.1 Å². The lowest BCUT2D eigenvalue weighted by Crippen LogP contribution is -2.18. The van der Waals surface area contributed by atoms with E-state index in [0.29, 0.717) is 11.7 Å². The molecule has 0 aromatic heterocycles. The number of halogens is 1. The van der Waals surface area contributed by atoms with Gasteiger partial charge in [0, 0.05) is 6.54 Å². The van der Waals surface area contributed by atoms with Crippen molar-refractivity contribution in [3.63, 3.8) is 0 Å². The van der Waals surface area contributed by atoms with Crippen molar-refractivity contribution in [2.45, 2.75) is 19.3 Å². The molecule has 2 N–H and O–H groups in total. The third-order valence-corrected chi connectivity index (χ3v) is 3.63. The molecule has 0 spiro atoms. The van der Waals surface area contributed by atoms with Gasteiger partial charge in [0.05, 0.1) is 3.57 Å². The molecule has 1 heterocycles. The molecular formula is C11H14INO. The number of fused-ring (bicyclic) bond motifs is 1. The van der Waals surface area contributed by atoms with E-state index in [0.717, 1.165) is 23.1 Å². The van der Waals surface area contributed by atoms with Crippen LogP contribution in [0.25, 0.3) is 0 Å². The van der Waals surface area contributed by atoms with Gasteiger partial charge in [-0.25, -0.2) is 0 Å². The summed E-state index contributed by atoms with van der Waals surface area (Å²) in [5.74, 6) is 0.958. The molecule has 0 aliphatic carbocycles. The Balaban J connectivity index is 2.49. The van der Waals surface area contributed by atoms with E-state index < -0.39 is 0 Å². The van der Waals surface area contributed by atoms with Gasteiger partial charge in [-0.3, -0.25) is 0 Å². The summed E-state index contributed by atoms with van der Waals surface area (Å²) >= 11 is 2.18. The SMILES string of the molecule is C[C@H]1CNCCc2cc(O)c(I)cc21. The second kappa shape index (κ2) is 4.06. The van der Waals surface area contributed by atoms with Crippen LogP contribution in [0.2, 0.25) is 0 Å². The zero-order valence-electron chi connectivity index (χ0n) is 8.18. The number of hydrogen-bond donors (Lipinski definition) is 2. The lowest BCUT2D eigenvalue weighted by Gasteiger charge is -2.13. The van der Waals surface area contributed by atoms with Crippen LogP contribution >= 0.6 is 22.6 Å². The highest BCUT2D eigenvalue weighted by atomic mass is 127. The predicted octanol–water partition coefficient (Wildman–Crippen LogP) is 2.25. The Kier molecular flexibility index (Phi) is 2.97. The molecule has 1 aromatic rings. The summed E-state index contributed by atoms with van der Waals surface area (Å²) in [6, 6.07) is 4.03. The zero-order chi connectivity index (χ0) is 10.1. The second-order valence-corrected chi connectivity index (χ2v) is 5.02. The smallest absolute Gasteiger partial charge is 0.129 e. The number of aromatic hydroxyl groups is 1. The second-order valence-electron chi connectivity index (χ2n) is 3.86. The number of phenolic OH excluding ortho intramolecular Hbond substituents is 1. The van der Waals surface area contributed by atoms with Crippen LogP contribution in [0.1, 0.15) is 24.0 Å². The van der Waals surface area contributed by atoms with Gasteiger partial charge in [0.1, 0.15) is 5.75 Å². The molecule has 2 nitrogen and oxygen atoms in total. The lowest BCUT2D eigenvalue weighted by molar-refractivity contribution is 0.470. The molecule has 3 heteroatoms. The molecule has 14 heavy (non-hydrogen) atoms. The van der Waals surface area contributed by atoms with Crippen LogP contribution in [-0.4, -0.2) is 18.2 Å². The van der Waals surface area contributed by atoms with Gasteiger partial charge in [0.15, 0.2) is 0 Å². The lowest BCUT2D eigenvalue weighted by atomic mass is 9.95. The fourth-order valence-corrected chi connectivity index (χ4v) is 2.44. The molecule has 76 valence electrons. The van der Waals surface area contributed by atoms with E-state index in [9.17, 15) is 5.11 Å². The first kappa shape index (κ1) is 10.2. The molecule has 0 saturated heterocycles. The quantitative estimate of drug-likeness (QED) is 0.721. The van der Waals surface area contributed by atoms with Gasteiger partial charge in [0.25, 0.3) is 0 Å². The summed E-state index contributed by atoms with van der Waals surface area (Å²) in [5.41, 5.74) is 2.68. The number of nitrogens with one attached hydrogen (secondary N) is 1. The van der Waals surface area contributed by atoms with Crippen molar-refractivity contribution in [3.8, 4) is 5.75 Å². The maximum Gasteiger partial charge on any atom is 0.129 e. The molecule has 0 fully saturated rings. The van der Waals surface area contributed by atoms with Crippen LogP contribution in [0.5, 0.6) is 5.75 Å². The molecule has 0 bridgehead atoms. The number of rotatable bonds is 0. The minimum absolute atomic E-state index is 0.415. The van der Waals surface area contributed by atoms with E-state index in [1.807, 2.05) is 6.07 Å². The van der Waals surface area contributed by atoms with Gasteiger partial charge in [-0.15, -0.1) is 0 Å². The number of phenols is 1. The average molecular weight is 303 g/mol. The molecule has 0 saturated carbocycles. The molecule has 0 radical (unpaired) electrons. The van der Waals surface area contributed by atoms with Crippen molar-refractivity contribution in [2.75, 3.05) is 13.1 Å². The van der Waals surface area contributed by atoms with Crippen molar-refractivity contribution in [1.82, 2.24) is 5.32 Å². The van der Waals surface area contributed by atoms with Gasteiger partial charge in [-0.2, -0.15) is 0 Å². The Morgan fingerprint density at radius 3 is 3.07 bits per heavy atom. The Bertz CT molecular complexity index is 351. The van der Waals surface area contributed by atoms with Crippen molar-refractivity contribution in [1.29, 1.82) is 0 Å². The summed E-state index contributed by atoms with van der Waals surface area (Å²) in [6.07, 6.45) is 1.02. The van der Waals surface area contributed by atoms with Crippen LogP contribution in [-0.2, 0) is 6.42 Å². The minimum atomic E-state index is 0.415. The minimum Gasteiger partial charge on any atom is -0.507 e. The van der Waals surface area contributed by atoms with Crippen LogP contribution < -0.4 is 5.32 Å². The van der Waals surface area contributed by atoms with Gasteiger partial charge in [-0.05, 0) is 64.7 Å². The Hall–Kier alpha value is -0.290. The first-order valence-corrected chi connectivity index (χ1v) is 5.98. The average Bonchev–Trinajstić information content (AvgIpc) is 2.31. The van der Waals surface area contributed by atoms with E-state index in [2.05, 4.69) is 40.9 Å². The monoisotopic (exact) mass is 303 g/mol. The number of benzene rings is 1. The van der Waals surface area contributed by atoms with Crippen molar-refractivity contribution in [2.24, 2.45) is 0 Å². The topological polar surface area (TPSA) is 32.3 Å². The van der Waals surface area contributed by atoms with Crippen molar-refractivity contribution < 1.29 is 5.11 Å². The first-order chi connectivity index (χ1) is 6.68. The van der Waals surface area contributed by atoms with Gasteiger partial charge >= 0.3 is 0 Å². The van der Waals surface area contributed by atoms with E-state index >= 15 is 0 Å². The maximum atomic E-state index is 9.63. The largest absolute Gasteiger partial charge is 0.507 e. The summed E-state index contributed by atoms with van der Waals surface area (Å²) in [5, 5.41) is 13.0. The van der Waals surface area contributed by atoms with Crippen molar-refractivity contribution >= 4 is 22.6 Å². The molecular weight excluding hydrogens is 289 g/mol. The first-order valence-electron chi connectivity index (χ1n) is 4.90. The summed E-state index contributed by atoms with van der Waals surface area (Å²) < 4.78 is 0.954. The normalized spacial score (nSPS) is 21.4. The fraction of sp³-hybridized carbons (Fsp3) is 0.455. The fourth-order valence-electron chi connectivity index (χ4n) is 1.95. The highest BCUT2D eigenvalue weighted by Gasteiger charge is 2.16. The summed E-state index contributed by atoms with van der Waals surface area (Å²) in [6.45, 7) is 4.27.